The molecule has 1 aliphatic carbocycles. The van der Waals surface area contributed by atoms with E-state index in [0.717, 1.165) is 28.6 Å². The molecule has 0 N–H and O–H groups in total. The largest absolute Gasteiger partial charge is 0.464 e. The lowest BCUT2D eigenvalue weighted by atomic mass is 10.0. The van der Waals surface area contributed by atoms with Gasteiger partial charge >= 0.3 is 5.97 Å². The van der Waals surface area contributed by atoms with Crippen molar-refractivity contribution >= 4 is 34.0 Å². The second kappa shape index (κ2) is 6.88. The van der Waals surface area contributed by atoms with Crippen LogP contribution in [0.25, 0.3) is 10.8 Å². The zero-order valence-electron chi connectivity index (χ0n) is 14.3. The number of carbonyl (C=O) groups excluding carboxylic acids is 2. The molecule has 1 saturated carbocycles. The van der Waals surface area contributed by atoms with Gasteiger partial charge in [0.2, 0.25) is 0 Å². The summed E-state index contributed by atoms with van der Waals surface area (Å²) in [7, 11) is 1.34. The van der Waals surface area contributed by atoms with Gasteiger partial charge in [0, 0.05) is 17.0 Å². The number of nitrogens with zero attached hydrogens (tertiary/aromatic N) is 2. The molecule has 132 valence electrons. The molecule has 26 heavy (non-hydrogen) atoms. The van der Waals surface area contributed by atoms with E-state index in [9.17, 15) is 9.59 Å². The average molecular weight is 366 g/mol. The fourth-order valence-electron chi connectivity index (χ4n) is 3.05. The summed E-state index contributed by atoms with van der Waals surface area (Å²) in [4.78, 5) is 31.1. The van der Waals surface area contributed by atoms with E-state index in [1.165, 1.54) is 18.4 Å². The fourth-order valence-corrected chi connectivity index (χ4v) is 3.81. The SMILES string of the molecule is COC(=O)c1csc(CN(C(=O)c2cccc3ccccc23)C2CC2)n1. The van der Waals surface area contributed by atoms with Gasteiger partial charge in [-0.05, 0) is 29.7 Å². The summed E-state index contributed by atoms with van der Waals surface area (Å²) in [6, 6.07) is 14.0. The normalized spacial score (nSPS) is 13.6. The standard InChI is InChI=1S/C20H18N2O3S/c1-25-20(24)17-12-26-18(21-17)11-22(14-9-10-14)19(23)16-8-4-6-13-5-2-3-7-15(13)16/h2-8,12,14H,9-11H2,1H3. The van der Waals surface area contributed by atoms with E-state index in [1.54, 1.807) is 5.38 Å². The maximum atomic E-state index is 13.3. The first-order valence-electron chi connectivity index (χ1n) is 8.49. The molecule has 0 bridgehead atoms. The first-order chi connectivity index (χ1) is 12.7. The van der Waals surface area contributed by atoms with Crippen LogP contribution in [-0.2, 0) is 11.3 Å². The Morgan fingerprint density at radius 3 is 2.73 bits per heavy atom. The molecule has 0 spiro atoms. The number of fused-ring (bicyclic) bond motifs is 1. The van der Waals surface area contributed by atoms with Crippen LogP contribution in [0.15, 0.2) is 47.8 Å². The minimum atomic E-state index is -0.453. The van der Waals surface area contributed by atoms with Crippen LogP contribution in [0.5, 0.6) is 0 Å². The van der Waals surface area contributed by atoms with E-state index in [-0.39, 0.29) is 11.9 Å². The van der Waals surface area contributed by atoms with Gasteiger partial charge in [-0.15, -0.1) is 11.3 Å². The molecule has 5 nitrogen and oxygen atoms in total. The predicted molar refractivity (Wildman–Crippen MR) is 100 cm³/mol. The van der Waals surface area contributed by atoms with E-state index < -0.39 is 5.97 Å². The summed E-state index contributed by atoms with van der Waals surface area (Å²) in [6.07, 6.45) is 2.01. The molecular formula is C20H18N2O3S. The number of rotatable bonds is 5. The number of esters is 1. The molecule has 6 heteroatoms. The summed E-state index contributed by atoms with van der Waals surface area (Å²) < 4.78 is 4.70. The van der Waals surface area contributed by atoms with Gasteiger partial charge in [-0.25, -0.2) is 9.78 Å². The van der Waals surface area contributed by atoms with Gasteiger partial charge in [0.25, 0.3) is 5.91 Å². The number of ether oxygens (including phenoxy) is 1. The molecule has 0 unspecified atom stereocenters. The molecule has 1 amide bonds. The summed E-state index contributed by atoms with van der Waals surface area (Å²) in [5.74, 6) is -0.440. The van der Waals surface area contributed by atoms with E-state index in [4.69, 9.17) is 4.74 Å². The Balaban J connectivity index is 1.63. The van der Waals surface area contributed by atoms with Gasteiger partial charge in [0.15, 0.2) is 5.69 Å². The van der Waals surface area contributed by atoms with Crippen LogP contribution in [0.3, 0.4) is 0 Å². The summed E-state index contributed by atoms with van der Waals surface area (Å²) in [5.41, 5.74) is 1.00. The topological polar surface area (TPSA) is 59.5 Å². The van der Waals surface area contributed by atoms with Gasteiger partial charge in [0.1, 0.15) is 5.01 Å². The number of benzene rings is 2. The van der Waals surface area contributed by atoms with Crippen molar-refractivity contribution in [2.75, 3.05) is 7.11 Å². The van der Waals surface area contributed by atoms with Crippen molar-refractivity contribution in [2.45, 2.75) is 25.4 Å². The minimum absolute atomic E-state index is 0.0131. The Bertz CT molecular complexity index is 973. The summed E-state index contributed by atoms with van der Waals surface area (Å²) in [6.45, 7) is 0.411. The number of aromatic nitrogens is 1. The third kappa shape index (κ3) is 3.20. The molecular weight excluding hydrogens is 348 g/mol. The number of hydrogen-bond donors (Lipinski definition) is 0. The number of amides is 1. The molecule has 3 aromatic rings. The molecule has 1 heterocycles. The predicted octanol–water partition coefficient (Wildman–Crippen LogP) is 3.89. The van der Waals surface area contributed by atoms with Crippen LogP contribution in [0.2, 0.25) is 0 Å². The van der Waals surface area contributed by atoms with E-state index in [2.05, 4.69) is 4.98 Å². The van der Waals surface area contributed by atoms with Crippen molar-refractivity contribution in [3.63, 3.8) is 0 Å². The monoisotopic (exact) mass is 366 g/mol. The molecule has 1 aromatic heterocycles. The minimum Gasteiger partial charge on any atom is -0.464 e. The highest BCUT2D eigenvalue weighted by Gasteiger charge is 2.34. The highest BCUT2D eigenvalue weighted by Crippen LogP contribution is 2.32. The third-order valence-corrected chi connectivity index (χ3v) is 5.35. The molecule has 2 aromatic carbocycles. The third-order valence-electron chi connectivity index (χ3n) is 4.52. The highest BCUT2D eigenvalue weighted by atomic mass is 32.1. The lowest BCUT2D eigenvalue weighted by Gasteiger charge is -2.22. The fraction of sp³-hybridized carbons (Fsp3) is 0.250. The Hall–Kier alpha value is -2.73. The lowest BCUT2D eigenvalue weighted by Crippen LogP contribution is -2.32. The molecule has 0 saturated heterocycles. The number of hydrogen-bond acceptors (Lipinski definition) is 5. The Labute approximate surface area is 155 Å². The van der Waals surface area contributed by atoms with Crippen LogP contribution >= 0.6 is 11.3 Å². The van der Waals surface area contributed by atoms with Crippen LogP contribution in [-0.4, -0.2) is 34.9 Å². The number of carbonyl (C=O) groups is 2. The molecule has 1 fully saturated rings. The van der Waals surface area contributed by atoms with Crippen molar-refractivity contribution < 1.29 is 14.3 Å². The Morgan fingerprint density at radius 2 is 1.96 bits per heavy atom. The van der Waals surface area contributed by atoms with Crippen LogP contribution in [0.4, 0.5) is 0 Å². The first kappa shape index (κ1) is 16.7. The van der Waals surface area contributed by atoms with E-state index >= 15 is 0 Å². The van der Waals surface area contributed by atoms with Crippen LogP contribution in [0.1, 0.15) is 38.7 Å². The van der Waals surface area contributed by atoms with Crippen LogP contribution in [0, 0.1) is 0 Å². The van der Waals surface area contributed by atoms with Gasteiger partial charge in [-0.3, -0.25) is 4.79 Å². The van der Waals surface area contributed by atoms with Gasteiger partial charge in [0.05, 0.1) is 13.7 Å². The van der Waals surface area contributed by atoms with Crippen molar-refractivity contribution in [3.8, 4) is 0 Å². The zero-order valence-corrected chi connectivity index (χ0v) is 15.2. The molecule has 0 radical (unpaired) electrons. The Kier molecular flexibility index (Phi) is 4.42. The molecule has 0 aliphatic heterocycles. The van der Waals surface area contributed by atoms with E-state index in [1.807, 2.05) is 47.4 Å². The second-order valence-electron chi connectivity index (χ2n) is 6.31. The van der Waals surface area contributed by atoms with Crippen molar-refractivity contribution in [2.24, 2.45) is 0 Å². The quantitative estimate of drug-likeness (QED) is 0.643. The second-order valence-corrected chi connectivity index (χ2v) is 7.25. The van der Waals surface area contributed by atoms with Gasteiger partial charge < -0.3 is 9.64 Å². The van der Waals surface area contributed by atoms with Crippen molar-refractivity contribution in [1.29, 1.82) is 0 Å². The molecule has 0 atom stereocenters. The summed E-state index contributed by atoms with van der Waals surface area (Å²) in [5, 5.41) is 4.43. The smallest absolute Gasteiger partial charge is 0.357 e. The number of thiazole rings is 1. The first-order valence-corrected chi connectivity index (χ1v) is 9.37. The van der Waals surface area contributed by atoms with Crippen LogP contribution < -0.4 is 0 Å². The van der Waals surface area contributed by atoms with E-state index in [0.29, 0.717) is 17.8 Å². The Morgan fingerprint density at radius 1 is 1.19 bits per heavy atom. The average Bonchev–Trinajstić information content (AvgIpc) is 3.42. The highest BCUT2D eigenvalue weighted by molar-refractivity contribution is 7.09. The maximum Gasteiger partial charge on any atom is 0.357 e. The lowest BCUT2D eigenvalue weighted by molar-refractivity contribution is 0.0594. The summed E-state index contributed by atoms with van der Waals surface area (Å²) >= 11 is 1.38. The zero-order chi connectivity index (χ0) is 18.1. The number of methoxy groups -OCH3 is 1. The van der Waals surface area contributed by atoms with Gasteiger partial charge in [-0.2, -0.15) is 0 Å². The van der Waals surface area contributed by atoms with Crippen molar-refractivity contribution in [3.05, 3.63) is 64.1 Å². The molecule has 1 aliphatic rings. The maximum absolute atomic E-state index is 13.3. The van der Waals surface area contributed by atoms with Gasteiger partial charge in [-0.1, -0.05) is 36.4 Å². The van der Waals surface area contributed by atoms with Crippen molar-refractivity contribution in [1.82, 2.24) is 9.88 Å². The molecule has 4 rings (SSSR count).